The van der Waals surface area contributed by atoms with Crippen LogP contribution in [-0.2, 0) is 4.79 Å². The van der Waals surface area contributed by atoms with Crippen LogP contribution in [0, 0.1) is 11.7 Å². The van der Waals surface area contributed by atoms with Crippen molar-refractivity contribution in [1.82, 2.24) is 20.9 Å². The van der Waals surface area contributed by atoms with Crippen LogP contribution in [-0.4, -0.2) is 40.3 Å². The lowest BCUT2D eigenvalue weighted by Gasteiger charge is -2.26. The van der Waals surface area contributed by atoms with Gasteiger partial charge in [-0.3, -0.25) is 14.9 Å². The minimum Gasteiger partial charge on any atom is -0.444 e. The number of aliphatic hydroxyl groups is 1. The lowest BCUT2D eigenvalue weighted by molar-refractivity contribution is -0.125. The number of oxazole rings is 1. The standard InChI is InChI=1S/C17H17FN4O4/c18-11-5-1-9(2-6-11)14-20-12(7-26-14)13(23)19-8-17(10-3-4-10)15(24)21-16(25)22-17/h1-2,5-7,10,16,22,25H,3-4,8H2,(H,19,23)(H,21,24)/t16?,17-/m0/s1. The first-order valence-electron chi connectivity index (χ1n) is 8.24. The maximum atomic E-state index is 13.0. The molecule has 2 heterocycles. The fraction of sp³-hybridized carbons (Fsp3) is 0.353. The fourth-order valence-electron chi connectivity index (χ4n) is 3.17. The van der Waals surface area contributed by atoms with Gasteiger partial charge in [0.25, 0.3) is 5.91 Å². The minimum absolute atomic E-state index is 0.0259. The highest BCUT2D eigenvalue weighted by molar-refractivity contribution is 5.94. The molecule has 2 aliphatic rings. The molecule has 1 aliphatic carbocycles. The van der Waals surface area contributed by atoms with E-state index in [9.17, 15) is 19.1 Å². The van der Waals surface area contributed by atoms with Crippen molar-refractivity contribution >= 4 is 11.8 Å². The van der Waals surface area contributed by atoms with Crippen LogP contribution < -0.4 is 16.0 Å². The average Bonchev–Trinajstić information content (AvgIpc) is 3.28. The van der Waals surface area contributed by atoms with E-state index in [1.54, 1.807) is 0 Å². The molecule has 2 atom stereocenters. The Morgan fingerprint density at radius 1 is 1.38 bits per heavy atom. The molecule has 4 N–H and O–H groups in total. The number of amides is 2. The fourth-order valence-corrected chi connectivity index (χ4v) is 3.17. The molecule has 0 bridgehead atoms. The molecule has 0 radical (unpaired) electrons. The van der Waals surface area contributed by atoms with Crippen LogP contribution in [0.25, 0.3) is 11.5 Å². The summed E-state index contributed by atoms with van der Waals surface area (Å²) < 4.78 is 18.3. The number of aromatic nitrogens is 1. The summed E-state index contributed by atoms with van der Waals surface area (Å²) in [5.41, 5.74) is -0.424. The molecule has 2 fully saturated rings. The SMILES string of the molecule is O=C(NC[C@@]1(C2CC2)NC(O)NC1=O)c1coc(-c2ccc(F)cc2)n1. The Labute approximate surface area is 147 Å². The van der Waals surface area contributed by atoms with Gasteiger partial charge in [0, 0.05) is 12.1 Å². The number of carbonyl (C=O) groups is 2. The van der Waals surface area contributed by atoms with Gasteiger partial charge in [0.2, 0.25) is 11.8 Å². The highest BCUT2D eigenvalue weighted by Gasteiger charge is 2.55. The van der Waals surface area contributed by atoms with Crippen LogP contribution in [0.4, 0.5) is 4.39 Å². The van der Waals surface area contributed by atoms with Crippen LogP contribution in [0.15, 0.2) is 34.9 Å². The van der Waals surface area contributed by atoms with Gasteiger partial charge >= 0.3 is 0 Å². The van der Waals surface area contributed by atoms with Gasteiger partial charge in [-0.2, -0.15) is 0 Å². The van der Waals surface area contributed by atoms with Crippen LogP contribution in [0.5, 0.6) is 0 Å². The molecule has 9 heteroatoms. The maximum Gasteiger partial charge on any atom is 0.273 e. The second-order valence-electron chi connectivity index (χ2n) is 6.49. The van der Waals surface area contributed by atoms with Crippen LogP contribution >= 0.6 is 0 Å². The van der Waals surface area contributed by atoms with Crippen LogP contribution in [0.1, 0.15) is 23.3 Å². The number of benzene rings is 1. The normalized spacial score (nSPS) is 25.2. The number of hydrogen-bond acceptors (Lipinski definition) is 6. The third-order valence-electron chi connectivity index (χ3n) is 4.70. The molecular weight excluding hydrogens is 343 g/mol. The number of rotatable bonds is 5. The van der Waals surface area contributed by atoms with Gasteiger partial charge < -0.3 is 20.2 Å². The molecule has 4 rings (SSSR count). The molecule has 1 saturated carbocycles. The first-order chi connectivity index (χ1) is 12.5. The highest BCUT2D eigenvalue weighted by Crippen LogP contribution is 2.41. The molecule has 2 amide bonds. The van der Waals surface area contributed by atoms with Gasteiger partial charge in [0.15, 0.2) is 12.0 Å². The third kappa shape index (κ3) is 2.95. The summed E-state index contributed by atoms with van der Waals surface area (Å²) >= 11 is 0. The molecule has 2 aromatic rings. The van der Waals surface area contributed by atoms with E-state index in [0.29, 0.717) is 5.56 Å². The van der Waals surface area contributed by atoms with E-state index < -0.39 is 17.8 Å². The van der Waals surface area contributed by atoms with Crippen molar-refractivity contribution < 1.29 is 23.5 Å². The van der Waals surface area contributed by atoms with Crippen molar-refractivity contribution in [2.75, 3.05) is 6.54 Å². The van der Waals surface area contributed by atoms with E-state index >= 15 is 0 Å². The number of aliphatic hydroxyl groups excluding tert-OH is 1. The van der Waals surface area contributed by atoms with Crippen molar-refractivity contribution in [1.29, 1.82) is 0 Å². The van der Waals surface area contributed by atoms with Crippen LogP contribution in [0.3, 0.4) is 0 Å². The van der Waals surface area contributed by atoms with Crippen molar-refractivity contribution in [3.8, 4) is 11.5 Å². The monoisotopic (exact) mass is 360 g/mol. The smallest absolute Gasteiger partial charge is 0.273 e. The number of hydrogen-bond donors (Lipinski definition) is 4. The molecule has 0 spiro atoms. The summed E-state index contributed by atoms with van der Waals surface area (Å²) in [6, 6.07) is 5.54. The van der Waals surface area contributed by atoms with E-state index in [4.69, 9.17) is 4.42 Å². The highest BCUT2D eigenvalue weighted by atomic mass is 19.1. The second kappa shape index (κ2) is 6.19. The summed E-state index contributed by atoms with van der Waals surface area (Å²) in [7, 11) is 0. The van der Waals surface area contributed by atoms with Crippen LogP contribution in [0.2, 0.25) is 0 Å². The average molecular weight is 360 g/mol. The Bertz CT molecular complexity index is 849. The quantitative estimate of drug-likeness (QED) is 0.612. The summed E-state index contributed by atoms with van der Waals surface area (Å²) in [6.45, 7) is 0.0259. The molecule has 1 aromatic carbocycles. The number of carbonyl (C=O) groups excluding carboxylic acids is 2. The van der Waals surface area contributed by atoms with Crippen molar-refractivity contribution in [2.24, 2.45) is 5.92 Å². The van der Waals surface area contributed by atoms with Gasteiger partial charge in [-0.05, 0) is 43.0 Å². The molecular formula is C17H17FN4O4. The van der Waals surface area contributed by atoms with Crippen molar-refractivity contribution in [3.05, 3.63) is 42.0 Å². The molecule has 1 aliphatic heterocycles. The molecule has 26 heavy (non-hydrogen) atoms. The molecule has 1 aromatic heterocycles. The molecule has 1 saturated heterocycles. The first-order valence-corrected chi connectivity index (χ1v) is 8.24. The lowest BCUT2D eigenvalue weighted by atomic mass is 9.93. The van der Waals surface area contributed by atoms with E-state index in [2.05, 4.69) is 20.9 Å². The molecule has 136 valence electrons. The Kier molecular flexibility index (Phi) is 3.97. The summed E-state index contributed by atoms with van der Waals surface area (Å²) in [5.74, 6) is -0.961. The molecule has 8 nitrogen and oxygen atoms in total. The van der Waals surface area contributed by atoms with Gasteiger partial charge in [0.05, 0.1) is 0 Å². The Morgan fingerprint density at radius 3 is 2.73 bits per heavy atom. The number of halogens is 1. The minimum atomic E-state index is -1.13. The molecule has 1 unspecified atom stereocenters. The van der Waals surface area contributed by atoms with Gasteiger partial charge in [-0.25, -0.2) is 9.37 Å². The van der Waals surface area contributed by atoms with Gasteiger partial charge in [0.1, 0.15) is 17.6 Å². The van der Waals surface area contributed by atoms with E-state index in [1.165, 1.54) is 30.5 Å². The topological polar surface area (TPSA) is 116 Å². The Hall–Kier alpha value is -2.78. The van der Waals surface area contributed by atoms with E-state index in [-0.39, 0.29) is 35.8 Å². The van der Waals surface area contributed by atoms with Gasteiger partial charge in [-0.1, -0.05) is 0 Å². The second-order valence-corrected chi connectivity index (χ2v) is 6.49. The first kappa shape index (κ1) is 16.7. The maximum absolute atomic E-state index is 13.0. The van der Waals surface area contributed by atoms with Crippen molar-refractivity contribution in [2.45, 2.75) is 24.7 Å². The van der Waals surface area contributed by atoms with E-state index in [1.807, 2.05) is 0 Å². The Balaban J connectivity index is 1.45. The zero-order valence-corrected chi connectivity index (χ0v) is 13.7. The summed E-state index contributed by atoms with van der Waals surface area (Å²) in [4.78, 5) is 28.7. The Morgan fingerprint density at radius 2 is 2.12 bits per heavy atom. The van der Waals surface area contributed by atoms with Crippen molar-refractivity contribution in [3.63, 3.8) is 0 Å². The predicted octanol–water partition coefficient (Wildman–Crippen LogP) is 0.355. The number of nitrogens with one attached hydrogen (secondary N) is 3. The lowest BCUT2D eigenvalue weighted by Crippen LogP contribution is -2.57. The van der Waals surface area contributed by atoms with Gasteiger partial charge in [-0.15, -0.1) is 0 Å². The zero-order chi connectivity index (χ0) is 18.3. The van der Waals surface area contributed by atoms with E-state index in [0.717, 1.165) is 12.8 Å². The third-order valence-corrected chi connectivity index (χ3v) is 4.70. The summed E-state index contributed by atoms with van der Waals surface area (Å²) in [5, 5.41) is 17.5. The number of nitrogens with zero attached hydrogens (tertiary/aromatic N) is 1. The summed E-state index contributed by atoms with van der Waals surface area (Å²) in [6.07, 6.45) is 1.77. The zero-order valence-electron chi connectivity index (χ0n) is 13.7. The largest absolute Gasteiger partial charge is 0.444 e. The predicted molar refractivity (Wildman–Crippen MR) is 87.0 cm³/mol.